The summed E-state index contributed by atoms with van der Waals surface area (Å²) in [4.78, 5) is 4.29. The van der Waals surface area contributed by atoms with E-state index in [9.17, 15) is 0 Å². The molecular weight excluding hydrogens is 248 g/mol. The molecule has 4 heteroatoms. The lowest BCUT2D eigenvalue weighted by Crippen LogP contribution is -2.19. The van der Waals surface area contributed by atoms with E-state index in [0.29, 0.717) is 0 Å². The van der Waals surface area contributed by atoms with Gasteiger partial charge in [0.1, 0.15) is 0 Å². The third kappa shape index (κ3) is 2.08. The molecule has 0 aliphatic rings. The molecule has 2 aromatic heterocycles. The molecule has 1 N–H and O–H groups in total. The highest BCUT2D eigenvalue weighted by molar-refractivity contribution is 5.82. The summed E-state index contributed by atoms with van der Waals surface area (Å²) < 4.78 is 1.93. The quantitative estimate of drug-likeness (QED) is 0.792. The standard InChI is InChI=1S/C16H18N4/c1-11-8-12(10-18-9-11)15(17-2)16-13-6-4-5-7-14(13)20(3)19-16/h4-10,15,17H,1-3H3. The van der Waals surface area contributed by atoms with Gasteiger partial charge >= 0.3 is 0 Å². The zero-order valence-electron chi connectivity index (χ0n) is 12.0. The van der Waals surface area contributed by atoms with E-state index in [4.69, 9.17) is 5.10 Å². The van der Waals surface area contributed by atoms with E-state index in [1.807, 2.05) is 37.2 Å². The number of aromatic nitrogens is 3. The summed E-state index contributed by atoms with van der Waals surface area (Å²) in [5.74, 6) is 0. The van der Waals surface area contributed by atoms with E-state index in [-0.39, 0.29) is 6.04 Å². The molecule has 102 valence electrons. The van der Waals surface area contributed by atoms with Crippen molar-refractivity contribution >= 4 is 10.9 Å². The van der Waals surface area contributed by atoms with Gasteiger partial charge in [-0.15, -0.1) is 0 Å². The maximum atomic E-state index is 4.69. The van der Waals surface area contributed by atoms with Gasteiger partial charge in [-0.25, -0.2) is 0 Å². The number of hydrogen-bond donors (Lipinski definition) is 1. The van der Waals surface area contributed by atoms with Crippen LogP contribution in [-0.4, -0.2) is 21.8 Å². The zero-order chi connectivity index (χ0) is 14.1. The molecule has 3 rings (SSSR count). The maximum Gasteiger partial charge on any atom is 0.0918 e. The number of para-hydroxylation sites is 1. The summed E-state index contributed by atoms with van der Waals surface area (Å²) in [5, 5.41) is 9.22. The number of nitrogens with zero attached hydrogens (tertiary/aromatic N) is 3. The SMILES string of the molecule is CNC(c1cncc(C)c1)c1nn(C)c2ccccc12. The van der Waals surface area contributed by atoms with Crippen LogP contribution in [0.2, 0.25) is 0 Å². The molecule has 1 aromatic carbocycles. The van der Waals surface area contributed by atoms with Gasteiger partial charge in [-0.2, -0.15) is 5.10 Å². The Morgan fingerprint density at radius 3 is 2.75 bits per heavy atom. The van der Waals surface area contributed by atoms with E-state index >= 15 is 0 Å². The molecule has 2 heterocycles. The number of pyridine rings is 1. The first-order valence-corrected chi connectivity index (χ1v) is 6.71. The fraction of sp³-hybridized carbons (Fsp3) is 0.250. The number of nitrogens with one attached hydrogen (secondary N) is 1. The Morgan fingerprint density at radius 2 is 2.00 bits per heavy atom. The first-order chi connectivity index (χ1) is 9.70. The van der Waals surface area contributed by atoms with Gasteiger partial charge in [-0.3, -0.25) is 9.67 Å². The predicted molar refractivity (Wildman–Crippen MR) is 80.6 cm³/mol. The van der Waals surface area contributed by atoms with E-state index in [1.165, 1.54) is 5.39 Å². The molecule has 0 spiro atoms. The molecule has 0 amide bonds. The van der Waals surface area contributed by atoms with Crippen molar-refractivity contribution < 1.29 is 0 Å². The van der Waals surface area contributed by atoms with Crippen LogP contribution in [0.3, 0.4) is 0 Å². The van der Waals surface area contributed by atoms with Gasteiger partial charge in [0.15, 0.2) is 0 Å². The van der Waals surface area contributed by atoms with Crippen LogP contribution in [0.15, 0.2) is 42.7 Å². The van der Waals surface area contributed by atoms with Crippen LogP contribution in [0, 0.1) is 6.92 Å². The van der Waals surface area contributed by atoms with E-state index < -0.39 is 0 Å². The molecule has 1 atom stereocenters. The Labute approximate surface area is 118 Å². The molecule has 0 saturated heterocycles. The second kappa shape index (κ2) is 5.06. The van der Waals surface area contributed by atoms with Gasteiger partial charge in [0, 0.05) is 24.8 Å². The fourth-order valence-corrected chi connectivity index (χ4v) is 2.65. The third-order valence-corrected chi connectivity index (χ3v) is 3.58. The molecule has 4 nitrogen and oxygen atoms in total. The normalized spacial score (nSPS) is 12.8. The van der Waals surface area contributed by atoms with Gasteiger partial charge in [-0.1, -0.05) is 24.3 Å². The zero-order valence-corrected chi connectivity index (χ0v) is 12.0. The Balaban J connectivity index is 2.17. The number of hydrogen-bond acceptors (Lipinski definition) is 3. The van der Waals surface area contributed by atoms with Crippen LogP contribution < -0.4 is 5.32 Å². The first-order valence-electron chi connectivity index (χ1n) is 6.71. The Kier molecular flexibility index (Phi) is 3.24. The topological polar surface area (TPSA) is 42.7 Å². The molecule has 3 aromatic rings. The number of fused-ring (bicyclic) bond motifs is 1. The van der Waals surface area contributed by atoms with Gasteiger partial charge in [0.25, 0.3) is 0 Å². The molecular formula is C16H18N4. The van der Waals surface area contributed by atoms with Crippen LogP contribution in [0.4, 0.5) is 0 Å². The van der Waals surface area contributed by atoms with Crippen molar-refractivity contribution in [3.63, 3.8) is 0 Å². The van der Waals surface area contributed by atoms with Gasteiger partial charge in [-0.05, 0) is 31.2 Å². The minimum atomic E-state index is 0.0495. The van der Waals surface area contributed by atoms with Gasteiger partial charge in [0.2, 0.25) is 0 Å². The molecule has 0 fully saturated rings. The van der Waals surface area contributed by atoms with Crippen LogP contribution in [0.1, 0.15) is 22.9 Å². The largest absolute Gasteiger partial charge is 0.308 e. The molecule has 1 unspecified atom stereocenters. The van der Waals surface area contributed by atoms with Gasteiger partial charge < -0.3 is 5.32 Å². The Hall–Kier alpha value is -2.20. The highest BCUT2D eigenvalue weighted by Crippen LogP contribution is 2.27. The summed E-state index contributed by atoms with van der Waals surface area (Å²) in [6.45, 7) is 2.06. The maximum absolute atomic E-state index is 4.69. The average molecular weight is 266 g/mol. The van der Waals surface area contributed by atoms with E-state index in [0.717, 1.165) is 22.3 Å². The summed E-state index contributed by atoms with van der Waals surface area (Å²) in [7, 11) is 3.93. The van der Waals surface area contributed by atoms with E-state index in [2.05, 4.69) is 41.5 Å². The summed E-state index contributed by atoms with van der Waals surface area (Å²) in [6, 6.07) is 10.5. The van der Waals surface area contributed by atoms with Crippen molar-refractivity contribution in [2.75, 3.05) is 7.05 Å². The fourth-order valence-electron chi connectivity index (χ4n) is 2.65. The number of aryl methyl sites for hydroxylation is 2. The minimum absolute atomic E-state index is 0.0495. The summed E-state index contributed by atoms with van der Waals surface area (Å²) in [5.41, 5.74) is 4.47. The van der Waals surface area contributed by atoms with Crippen molar-refractivity contribution in [2.45, 2.75) is 13.0 Å². The van der Waals surface area contributed by atoms with Gasteiger partial charge in [0.05, 0.1) is 17.3 Å². The van der Waals surface area contributed by atoms with Crippen LogP contribution in [0.25, 0.3) is 10.9 Å². The van der Waals surface area contributed by atoms with Crippen LogP contribution in [-0.2, 0) is 7.05 Å². The second-order valence-electron chi connectivity index (χ2n) is 5.04. The molecule has 0 aliphatic heterocycles. The smallest absolute Gasteiger partial charge is 0.0918 e. The predicted octanol–water partition coefficient (Wildman–Crippen LogP) is 2.59. The third-order valence-electron chi connectivity index (χ3n) is 3.58. The monoisotopic (exact) mass is 266 g/mol. The van der Waals surface area contributed by atoms with Crippen molar-refractivity contribution in [2.24, 2.45) is 7.05 Å². The lowest BCUT2D eigenvalue weighted by Gasteiger charge is -2.15. The minimum Gasteiger partial charge on any atom is -0.308 e. The molecule has 0 saturated carbocycles. The van der Waals surface area contributed by atoms with Crippen molar-refractivity contribution in [3.8, 4) is 0 Å². The number of rotatable bonds is 3. The summed E-state index contributed by atoms with van der Waals surface area (Å²) in [6.07, 6.45) is 3.77. The first kappa shape index (κ1) is 12.8. The van der Waals surface area contributed by atoms with Crippen LogP contribution in [0.5, 0.6) is 0 Å². The van der Waals surface area contributed by atoms with Crippen LogP contribution >= 0.6 is 0 Å². The Bertz CT molecular complexity index is 745. The molecule has 0 radical (unpaired) electrons. The molecule has 0 aliphatic carbocycles. The second-order valence-corrected chi connectivity index (χ2v) is 5.04. The van der Waals surface area contributed by atoms with Crippen molar-refractivity contribution in [3.05, 3.63) is 59.5 Å². The highest BCUT2D eigenvalue weighted by atomic mass is 15.3. The van der Waals surface area contributed by atoms with E-state index in [1.54, 1.807) is 0 Å². The molecule has 20 heavy (non-hydrogen) atoms. The lowest BCUT2D eigenvalue weighted by molar-refractivity contribution is 0.646. The van der Waals surface area contributed by atoms with Crippen molar-refractivity contribution in [1.29, 1.82) is 0 Å². The summed E-state index contributed by atoms with van der Waals surface area (Å²) >= 11 is 0. The Morgan fingerprint density at radius 1 is 1.20 bits per heavy atom. The molecule has 0 bridgehead atoms. The highest BCUT2D eigenvalue weighted by Gasteiger charge is 2.19. The lowest BCUT2D eigenvalue weighted by atomic mass is 10.0. The average Bonchev–Trinajstić information content (AvgIpc) is 2.78. The van der Waals surface area contributed by atoms with Crippen molar-refractivity contribution in [1.82, 2.24) is 20.1 Å². The number of benzene rings is 1.